The summed E-state index contributed by atoms with van der Waals surface area (Å²) in [5.41, 5.74) is 3.61. The van der Waals surface area contributed by atoms with Crippen LogP contribution >= 0.6 is 0 Å². The van der Waals surface area contributed by atoms with E-state index >= 15 is 0 Å². The van der Waals surface area contributed by atoms with Crippen LogP contribution < -0.4 is 9.86 Å². The number of aryl methyl sites for hydroxylation is 1. The van der Waals surface area contributed by atoms with E-state index in [0.29, 0.717) is 46.5 Å². The molecule has 1 aliphatic heterocycles. The second-order valence-corrected chi connectivity index (χ2v) is 10.4. The fourth-order valence-electron chi connectivity index (χ4n) is 4.85. The molecule has 1 N–H and O–H groups in total. The van der Waals surface area contributed by atoms with Crippen molar-refractivity contribution in [3.63, 3.8) is 0 Å². The Hall–Kier alpha value is -3.11. The predicted molar refractivity (Wildman–Crippen MR) is 120 cm³/mol. The number of nitrogens with zero attached hydrogens (tertiary/aromatic N) is 2. The fourth-order valence-corrected chi connectivity index (χ4v) is 6.62. The van der Waals surface area contributed by atoms with Crippen molar-refractivity contribution >= 4 is 26.5 Å². The first-order valence-electron chi connectivity index (χ1n) is 10.6. The van der Waals surface area contributed by atoms with Gasteiger partial charge in [0.2, 0.25) is 0 Å². The molecule has 158 valence electrons. The monoisotopic (exact) mass is 433 g/mol. The zero-order valence-corrected chi connectivity index (χ0v) is 18.1. The Morgan fingerprint density at radius 2 is 2.06 bits per heavy atom. The summed E-state index contributed by atoms with van der Waals surface area (Å²) >= 11 is 0. The maximum Gasteiger partial charge on any atom is 0.264 e. The third-order valence-electron chi connectivity index (χ3n) is 6.67. The van der Waals surface area contributed by atoms with Crippen LogP contribution in [0.1, 0.15) is 41.5 Å². The second kappa shape index (κ2) is 7.24. The van der Waals surface area contributed by atoms with Crippen molar-refractivity contribution < 1.29 is 8.42 Å². The first-order valence-corrected chi connectivity index (χ1v) is 12.0. The lowest BCUT2D eigenvalue weighted by molar-refractivity contribution is 0.314. The number of hydrogen-bond donors (Lipinski definition) is 1. The SMILES string of the molecule is Cc1c[nH]c(=O)c2cccc(S(=O)(=O)N3CCc4c(CC5CCC5)cc(C#N)cc43)c12. The summed E-state index contributed by atoms with van der Waals surface area (Å²) in [5.74, 6) is 0.621. The van der Waals surface area contributed by atoms with Crippen molar-refractivity contribution in [3.05, 3.63) is 69.1 Å². The van der Waals surface area contributed by atoms with E-state index < -0.39 is 10.0 Å². The Morgan fingerprint density at radius 1 is 1.26 bits per heavy atom. The molecule has 1 aliphatic carbocycles. The number of sulfonamides is 1. The summed E-state index contributed by atoms with van der Waals surface area (Å²) in [7, 11) is -3.91. The third kappa shape index (κ3) is 3.14. The van der Waals surface area contributed by atoms with E-state index in [1.165, 1.54) is 23.6 Å². The van der Waals surface area contributed by atoms with Crippen molar-refractivity contribution in [2.24, 2.45) is 5.92 Å². The standard InChI is InChI=1S/C24H23N3O3S/c1-15-14-26-24(28)20-6-3-7-22(23(15)20)31(29,30)27-9-8-19-18(10-16-4-2-5-16)11-17(13-25)12-21(19)27/h3,6-7,11-12,14,16H,2,4-5,8-10H2,1H3,(H,26,28). The molecule has 7 heteroatoms. The highest BCUT2D eigenvalue weighted by Gasteiger charge is 2.34. The zero-order chi connectivity index (χ0) is 21.8. The number of hydrogen-bond acceptors (Lipinski definition) is 4. The van der Waals surface area contributed by atoms with Crippen LogP contribution in [0.4, 0.5) is 5.69 Å². The first-order chi connectivity index (χ1) is 14.9. The van der Waals surface area contributed by atoms with Crippen LogP contribution in [-0.4, -0.2) is 19.9 Å². The Labute approximate surface area is 181 Å². The van der Waals surface area contributed by atoms with Gasteiger partial charge in [0.05, 0.1) is 22.2 Å². The van der Waals surface area contributed by atoms with Crippen molar-refractivity contribution in [2.45, 2.75) is 43.9 Å². The summed E-state index contributed by atoms with van der Waals surface area (Å²) in [4.78, 5) is 15.1. The Balaban J connectivity index is 1.66. The minimum absolute atomic E-state index is 0.129. The van der Waals surface area contributed by atoms with E-state index in [2.05, 4.69) is 11.1 Å². The minimum Gasteiger partial charge on any atom is -0.328 e. The highest BCUT2D eigenvalue weighted by molar-refractivity contribution is 7.93. The average molecular weight is 434 g/mol. The van der Waals surface area contributed by atoms with Gasteiger partial charge in [0, 0.05) is 23.5 Å². The van der Waals surface area contributed by atoms with Gasteiger partial charge in [-0.3, -0.25) is 9.10 Å². The molecule has 3 aromatic rings. The van der Waals surface area contributed by atoms with Crippen molar-refractivity contribution in [1.82, 2.24) is 4.98 Å². The highest BCUT2D eigenvalue weighted by atomic mass is 32.2. The maximum absolute atomic E-state index is 13.8. The van der Waals surface area contributed by atoms with Crippen LogP contribution in [0.5, 0.6) is 0 Å². The molecule has 31 heavy (non-hydrogen) atoms. The van der Waals surface area contributed by atoms with Gasteiger partial charge in [0.15, 0.2) is 0 Å². The summed E-state index contributed by atoms with van der Waals surface area (Å²) in [5, 5.41) is 10.4. The van der Waals surface area contributed by atoms with Crippen LogP contribution in [0.25, 0.3) is 10.8 Å². The number of aromatic amines is 1. The van der Waals surface area contributed by atoms with Crippen LogP contribution in [0, 0.1) is 24.2 Å². The van der Waals surface area contributed by atoms with Gasteiger partial charge in [-0.25, -0.2) is 8.42 Å². The molecule has 0 saturated heterocycles. The number of fused-ring (bicyclic) bond motifs is 2. The molecule has 0 unspecified atom stereocenters. The van der Waals surface area contributed by atoms with Gasteiger partial charge >= 0.3 is 0 Å². The van der Waals surface area contributed by atoms with E-state index in [9.17, 15) is 18.5 Å². The van der Waals surface area contributed by atoms with E-state index in [-0.39, 0.29) is 10.5 Å². The second-order valence-electron chi connectivity index (χ2n) is 8.55. The molecule has 6 nitrogen and oxygen atoms in total. The number of nitrogens with one attached hydrogen (secondary N) is 1. The first kappa shape index (κ1) is 19.8. The average Bonchev–Trinajstić information content (AvgIpc) is 3.17. The molecule has 1 saturated carbocycles. The lowest BCUT2D eigenvalue weighted by Crippen LogP contribution is -2.29. The van der Waals surface area contributed by atoms with Crippen molar-refractivity contribution in [3.8, 4) is 6.07 Å². The lowest BCUT2D eigenvalue weighted by Gasteiger charge is -2.26. The van der Waals surface area contributed by atoms with Crippen LogP contribution in [0.3, 0.4) is 0 Å². The number of pyridine rings is 1. The number of rotatable bonds is 4. The van der Waals surface area contributed by atoms with Crippen LogP contribution in [0.15, 0.2) is 46.2 Å². The summed E-state index contributed by atoms with van der Waals surface area (Å²) < 4.78 is 29.0. The molecule has 0 spiro atoms. The molecule has 2 heterocycles. The lowest BCUT2D eigenvalue weighted by atomic mass is 9.79. The van der Waals surface area contributed by atoms with Gasteiger partial charge in [-0.2, -0.15) is 5.26 Å². The topological polar surface area (TPSA) is 94.0 Å². The summed E-state index contributed by atoms with van der Waals surface area (Å²) in [6, 6.07) is 10.6. The molecule has 0 radical (unpaired) electrons. The predicted octanol–water partition coefficient (Wildman–Crippen LogP) is 3.80. The summed E-state index contributed by atoms with van der Waals surface area (Å²) in [6.45, 7) is 2.13. The molecule has 2 aromatic carbocycles. The Bertz CT molecular complexity index is 1410. The summed E-state index contributed by atoms with van der Waals surface area (Å²) in [6.07, 6.45) is 6.70. The van der Waals surface area contributed by atoms with Crippen LogP contribution in [0.2, 0.25) is 0 Å². The van der Waals surface area contributed by atoms with Gasteiger partial charge in [-0.1, -0.05) is 25.3 Å². The number of H-pyrrole nitrogens is 1. The third-order valence-corrected chi connectivity index (χ3v) is 8.52. The largest absolute Gasteiger partial charge is 0.328 e. The quantitative estimate of drug-likeness (QED) is 0.677. The molecule has 0 bridgehead atoms. The number of benzene rings is 2. The molecule has 2 aliphatic rings. The van der Waals surface area contributed by atoms with Gasteiger partial charge in [-0.15, -0.1) is 0 Å². The maximum atomic E-state index is 13.8. The van der Waals surface area contributed by atoms with Gasteiger partial charge in [0.1, 0.15) is 0 Å². The normalized spacial score (nSPS) is 16.2. The van der Waals surface area contributed by atoms with E-state index in [4.69, 9.17) is 0 Å². The van der Waals surface area contributed by atoms with Crippen molar-refractivity contribution in [1.29, 1.82) is 5.26 Å². The smallest absolute Gasteiger partial charge is 0.264 e. The molecule has 5 rings (SSSR count). The minimum atomic E-state index is -3.91. The van der Waals surface area contributed by atoms with Gasteiger partial charge < -0.3 is 4.98 Å². The van der Waals surface area contributed by atoms with E-state index in [1.807, 2.05) is 6.07 Å². The zero-order valence-electron chi connectivity index (χ0n) is 17.3. The van der Waals surface area contributed by atoms with E-state index in [0.717, 1.165) is 17.5 Å². The van der Waals surface area contributed by atoms with E-state index in [1.54, 1.807) is 37.4 Å². The molecule has 1 fully saturated rings. The number of anilines is 1. The van der Waals surface area contributed by atoms with Crippen LogP contribution in [-0.2, 0) is 22.9 Å². The van der Waals surface area contributed by atoms with Gasteiger partial charge in [0.25, 0.3) is 15.6 Å². The van der Waals surface area contributed by atoms with Crippen molar-refractivity contribution in [2.75, 3.05) is 10.8 Å². The van der Waals surface area contributed by atoms with Gasteiger partial charge in [-0.05, 0) is 66.6 Å². The molecular weight excluding hydrogens is 410 g/mol. The Morgan fingerprint density at radius 3 is 2.77 bits per heavy atom. The number of nitriles is 1. The molecule has 0 atom stereocenters. The molecule has 1 aromatic heterocycles. The number of aromatic nitrogens is 1. The molecular formula is C24H23N3O3S. The fraction of sp³-hybridized carbons (Fsp3) is 0.333. The molecule has 0 amide bonds. The highest BCUT2D eigenvalue weighted by Crippen LogP contribution is 2.40. The Kier molecular flexibility index (Phi) is 4.63.